The summed E-state index contributed by atoms with van der Waals surface area (Å²) in [6.45, 7) is 9.13. The summed E-state index contributed by atoms with van der Waals surface area (Å²) in [5.74, 6) is 0.176. The summed E-state index contributed by atoms with van der Waals surface area (Å²) in [5, 5.41) is 0. The van der Waals surface area contributed by atoms with E-state index >= 15 is 0 Å². The van der Waals surface area contributed by atoms with Crippen LogP contribution in [-0.2, 0) is 16.6 Å². The zero-order valence-corrected chi connectivity index (χ0v) is 14.4. The van der Waals surface area contributed by atoms with Crippen LogP contribution >= 0.6 is 0 Å². The molecule has 0 bridgehead atoms. The highest BCUT2D eigenvalue weighted by Crippen LogP contribution is 2.24. The Hall–Kier alpha value is -1.07. The zero-order valence-electron chi connectivity index (χ0n) is 13.6. The van der Waals surface area contributed by atoms with Gasteiger partial charge in [-0.2, -0.15) is 0 Å². The molecule has 0 saturated carbocycles. The third kappa shape index (κ3) is 5.67. The minimum Gasteiger partial charge on any atom is -0.326 e. The fourth-order valence-corrected chi connectivity index (χ4v) is 3.97. The number of hydrogen-bond acceptors (Lipinski definition) is 3. The van der Waals surface area contributed by atoms with Gasteiger partial charge in [-0.1, -0.05) is 39.8 Å². The van der Waals surface area contributed by atoms with Gasteiger partial charge in [0.25, 0.3) is 0 Å². The Labute approximate surface area is 129 Å². The Kier molecular flexibility index (Phi) is 6.23. The molecule has 1 rings (SSSR count). The van der Waals surface area contributed by atoms with Crippen molar-refractivity contribution in [3.05, 3.63) is 29.8 Å². The molecule has 0 aliphatic rings. The molecule has 5 heteroatoms. The Morgan fingerprint density at radius 3 is 2.14 bits per heavy atom. The Morgan fingerprint density at radius 2 is 1.71 bits per heavy atom. The number of sulfonamides is 1. The smallest absolute Gasteiger partial charge is 0.235 e. The maximum absolute atomic E-state index is 12.6. The highest BCUT2D eigenvalue weighted by molar-refractivity contribution is 7.92. The highest BCUT2D eigenvalue weighted by atomic mass is 32.2. The summed E-state index contributed by atoms with van der Waals surface area (Å²) in [6, 6.07) is 7.45. The predicted molar refractivity (Wildman–Crippen MR) is 89.8 cm³/mol. The van der Waals surface area contributed by atoms with E-state index in [1.165, 1.54) is 4.31 Å². The van der Waals surface area contributed by atoms with E-state index in [0.717, 1.165) is 17.7 Å². The standard InChI is InChI=1S/C16H28N2O2S/c1-5-11-18(15-8-6-14(13-17)7-9-15)21(19,20)12-10-16(2,3)4/h6-9H,5,10-13,17H2,1-4H3. The average Bonchev–Trinajstić information content (AvgIpc) is 2.42. The van der Waals surface area contributed by atoms with Crippen LogP contribution in [0.5, 0.6) is 0 Å². The third-order valence-corrected chi connectivity index (χ3v) is 5.12. The van der Waals surface area contributed by atoms with Gasteiger partial charge < -0.3 is 5.73 Å². The van der Waals surface area contributed by atoms with Crippen molar-refractivity contribution in [1.29, 1.82) is 0 Å². The van der Waals surface area contributed by atoms with Gasteiger partial charge in [0, 0.05) is 13.1 Å². The summed E-state index contributed by atoms with van der Waals surface area (Å²) >= 11 is 0. The molecule has 0 saturated heterocycles. The van der Waals surface area contributed by atoms with E-state index in [0.29, 0.717) is 19.5 Å². The quantitative estimate of drug-likeness (QED) is 0.841. The van der Waals surface area contributed by atoms with Crippen molar-refractivity contribution < 1.29 is 8.42 Å². The van der Waals surface area contributed by atoms with Crippen LogP contribution in [0.15, 0.2) is 24.3 Å². The van der Waals surface area contributed by atoms with Crippen LogP contribution < -0.4 is 10.0 Å². The molecule has 0 radical (unpaired) electrons. The van der Waals surface area contributed by atoms with Gasteiger partial charge in [0.15, 0.2) is 0 Å². The predicted octanol–water partition coefficient (Wildman–Crippen LogP) is 3.13. The molecule has 0 unspecified atom stereocenters. The molecule has 0 atom stereocenters. The van der Waals surface area contributed by atoms with Crippen LogP contribution in [0.1, 0.15) is 46.1 Å². The third-order valence-electron chi connectivity index (χ3n) is 3.33. The molecule has 0 fully saturated rings. The molecule has 21 heavy (non-hydrogen) atoms. The molecule has 1 aromatic rings. The van der Waals surface area contributed by atoms with Gasteiger partial charge in [-0.05, 0) is 36.0 Å². The van der Waals surface area contributed by atoms with Gasteiger partial charge in [0.2, 0.25) is 10.0 Å². The average molecular weight is 312 g/mol. The molecule has 120 valence electrons. The molecule has 2 N–H and O–H groups in total. The SMILES string of the molecule is CCCN(c1ccc(CN)cc1)S(=O)(=O)CCC(C)(C)C. The summed E-state index contributed by atoms with van der Waals surface area (Å²) < 4.78 is 26.8. The number of hydrogen-bond donors (Lipinski definition) is 1. The molecular formula is C16H28N2O2S. The number of nitrogens with zero attached hydrogens (tertiary/aromatic N) is 1. The van der Waals surface area contributed by atoms with Crippen LogP contribution in [0.4, 0.5) is 5.69 Å². The summed E-state index contributed by atoms with van der Waals surface area (Å²) in [5.41, 5.74) is 7.32. The van der Waals surface area contributed by atoms with Gasteiger partial charge in [-0.3, -0.25) is 4.31 Å². The summed E-state index contributed by atoms with van der Waals surface area (Å²) in [4.78, 5) is 0. The number of anilines is 1. The van der Waals surface area contributed by atoms with Crippen molar-refractivity contribution in [2.24, 2.45) is 11.1 Å². The van der Waals surface area contributed by atoms with Crippen molar-refractivity contribution in [1.82, 2.24) is 0 Å². The largest absolute Gasteiger partial charge is 0.326 e. The lowest BCUT2D eigenvalue weighted by molar-refractivity contribution is 0.397. The fraction of sp³-hybridized carbons (Fsp3) is 0.625. The van der Waals surface area contributed by atoms with Gasteiger partial charge in [-0.25, -0.2) is 8.42 Å². The maximum atomic E-state index is 12.6. The van der Waals surface area contributed by atoms with E-state index in [1.54, 1.807) is 0 Å². The second kappa shape index (κ2) is 7.27. The van der Waals surface area contributed by atoms with Crippen LogP contribution in [0, 0.1) is 5.41 Å². The number of benzene rings is 1. The van der Waals surface area contributed by atoms with Crippen LogP contribution in [-0.4, -0.2) is 20.7 Å². The molecule has 0 spiro atoms. The minimum absolute atomic E-state index is 0.00830. The van der Waals surface area contributed by atoms with Crippen molar-refractivity contribution in [3.8, 4) is 0 Å². The lowest BCUT2D eigenvalue weighted by Crippen LogP contribution is -2.34. The van der Waals surface area contributed by atoms with Gasteiger partial charge in [0.1, 0.15) is 0 Å². The molecule has 4 nitrogen and oxygen atoms in total. The van der Waals surface area contributed by atoms with Crippen LogP contribution in [0.2, 0.25) is 0 Å². The van der Waals surface area contributed by atoms with Crippen molar-refractivity contribution in [2.45, 2.75) is 47.1 Å². The molecule has 0 aliphatic carbocycles. The van der Waals surface area contributed by atoms with E-state index in [2.05, 4.69) is 20.8 Å². The monoisotopic (exact) mass is 312 g/mol. The van der Waals surface area contributed by atoms with Crippen molar-refractivity contribution in [2.75, 3.05) is 16.6 Å². The van der Waals surface area contributed by atoms with Crippen molar-refractivity contribution >= 4 is 15.7 Å². The van der Waals surface area contributed by atoms with E-state index in [-0.39, 0.29) is 11.2 Å². The first-order chi connectivity index (χ1) is 9.69. The second-order valence-electron chi connectivity index (χ2n) is 6.57. The molecule has 0 aliphatic heterocycles. The van der Waals surface area contributed by atoms with E-state index in [1.807, 2.05) is 31.2 Å². The lowest BCUT2D eigenvalue weighted by atomic mass is 9.94. The highest BCUT2D eigenvalue weighted by Gasteiger charge is 2.24. The van der Waals surface area contributed by atoms with E-state index < -0.39 is 10.0 Å². The fourth-order valence-electron chi connectivity index (χ4n) is 1.98. The molecular weight excluding hydrogens is 284 g/mol. The Bertz CT molecular complexity index is 530. The minimum atomic E-state index is -3.29. The summed E-state index contributed by atoms with van der Waals surface area (Å²) in [6.07, 6.45) is 1.43. The number of nitrogens with two attached hydrogens (primary N) is 1. The lowest BCUT2D eigenvalue weighted by Gasteiger charge is -2.26. The summed E-state index contributed by atoms with van der Waals surface area (Å²) in [7, 11) is -3.29. The second-order valence-corrected chi connectivity index (χ2v) is 8.58. The first kappa shape index (κ1) is 18.0. The zero-order chi connectivity index (χ0) is 16.1. The molecule has 0 heterocycles. The van der Waals surface area contributed by atoms with Gasteiger partial charge in [-0.15, -0.1) is 0 Å². The number of rotatable bonds is 7. The Morgan fingerprint density at radius 1 is 1.14 bits per heavy atom. The topological polar surface area (TPSA) is 63.4 Å². The first-order valence-corrected chi connectivity index (χ1v) is 9.10. The first-order valence-electron chi connectivity index (χ1n) is 7.49. The molecule has 0 aromatic heterocycles. The van der Waals surface area contributed by atoms with E-state index in [9.17, 15) is 8.42 Å². The van der Waals surface area contributed by atoms with Gasteiger partial charge in [0.05, 0.1) is 11.4 Å². The Balaban J connectivity index is 2.98. The van der Waals surface area contributed by atoms with Crippen molar-refractivity contribution in [3.63, 3.8) is 0 Å². The van der Waals surface area contributed by atoms with Crippen LogP contribution in [0.25, 0.3) is 0 Å². The van der Waals surface area contributed by atoms with Gasteiger partial charge >= 0.3 is 0 Å². The normalized spacial score (nSPS) is 12.4. The van der Waals surface area contributed by atoms with Crippen LogP contribution in [0.3, 0.4) is 0 Å². The van der Waals surface area contributed by atoms with E-state index in [4.69, 9.17) is 5.73 Å². The molecule has 1 aromatic carbocycles. The molecule has 0 amide bonds. The maximum Gasteiger partial charge on any atom is 0.235 e.